The molecule has 14 heavy (non-hydrogen) atoms. The summed E-state index contributed by atoms with van der Waals surface area (Å²) in [6, 6.07) is 4.35. The highest BCUT2D eigenvalue weighted by molar-refractivity contribution is 5.51. The average Bonchev–Trinajstić information content (AvgIpc) is 2.01. The summed E-state index contributed by atoms with van der Waals surface area (Å²) in [6.07, 6.45) is -0.378. The Bertz CT molecular complexity index is 350. The first kappa shape index (κ1) is 10.5. The van der Waals surface area contributed by atoms with E-state index in [-0.39, 0.29) is 12.1 Å². The number of aliphatic hydroxyl groups is 1. The van der Waals surface area contributed by atoms with Gasteiger partial charge in [-0.1, -0.05) is 0 Å². The molecule has 0 radical (unpaired) electrons. The highest BCUT2D eigenvalue weighted by Crippen LogP contribution is 2.22. The van der Waals surface area contributed by atoms with Gasteiger partial charge in [-0.15, -0.1) is 0 Å². The normalized spacial score (nSPS) is 12.4. The Labute approximate surface area is 81.3 Å². The zero-order chi connectivity index (χ0) is 10.7. The van der Waals surface area contributed by atoms with Gasteiger partial charge in [-0.2, -0.15) is 0 Å². The van der Waals surface area contributed by atoms with Crippen LogP contribution >= 0.6 is 0 Å². The van der Waals surface area contributed by atoms with Gasteiger partial charge < -0.3 is 10.8 Å². The molecule has 0 fully saturated rings. The molecule has 3 N–H and O–H groups in total. The Morgan fingerprint density at radius 3 is 2.79 bits per heavy atom. The van der Waals surface area contributed by atoms with Crippen LogP contribution in [0, 0.1) is 10.1 Å². The molecule has 0 heterocycles. The lowest BCUT2D eigenvalue weighted by Gasteiger charge is -2.05. The van der Waals surface area contributed by atoms with E-state index in [0.717, 1.165) is 0 Å². The topological polar surface area (TPSA) is 89.4 Å². The maximum absolute atomic E-state index is 10.6. The fourth-order valence-electron chi connectivity index (χ4n) is 1.27. The van der Waals surface area contributed by atoms with Gasteiger partial charge in [0.15, 0.2) is 0 Å². The van der Waals surface area contributed by atoms with Crippen molar-refractivity contribution in [1.82, 2.24) is 0 Å². The van der Waals surface area contributed by atoms with Gasteiger partial charge in [-0.25, -0.2) is 0 Å². The van der Waals surface area contributed by atoms with Crippen molar-refractivity contribution in [3.05, 3.63) is 33.9 Å². The van der Waals surface area contributed by atoms with Gasteiger partial charge in [-0.3, -0.25) is 10.1 Å². The number of hydrogen-bond acceptors (Lipinski definition) is 4. The lowest BCUT2D eigenvalue weighted by atomic mass is 10.1. The van der Waals surface area contributed by atoms with Crippen molar-refractivity contribution in [2.24, 2.45) is 0 Å². The predicted molar refractivity (Wildman–Crippen MR) is 52.9 cm³/mol. The van der Waals surface area contributed by atoms with E-state index in [1.54, 1.807) is 6.92 Å². The van der Waals surface area contributed by atoms with E-state index >= 15 is 0 Å². The van der Waals surface area contributed by atoms with Gasteiger partial charge in [-0.05, 0) is 19.1 Å². The molecule has 0 saturated carbocycles. The van der Waals surface area contributed by atoms with E-state index in [0.29, 0.717) is 11.3 Å². The number of nitro benzene ring substituents is 1. The summed E-state index contributed by atoms with van der Waals surface area (Å²) < 4.78 is 0. The molecular weight excluding hydrogens is 184 g/mol. The molecule has 0 amide bonds. The summed E-state index contributed by atoms with van der Waals surface area (Å²) in [4.78, 5) is 10.1. The number of nitrogens with zero attached hydrogens (tertiary/aromatic N) is 1. The lowest BCUT2D eigenvalue weighted by molar-refractivity contribution is -0.385. The SMILES string of the molecule is CC(O)Cc1cc(N)ccc1[N+](=O)[O-]. The molecule has 1 atom stereocenters. The summed E-state index contributed by atoms with van der Waals surface area (Å²) in [6.45, 7) is 1.58. The molecule has 1 aromatic rings. The van der Waals surface area contributed by atoms with E-state index in [1.165, 1.54) is 18.2 Å². The van der Waals surface area contributed by atoms with Crippen LogP contribution in [-0.2, 0) is 6.42 Å². The van der Waals surface area contributed by atoms with Crippen LogP contribution in [0.15, 0.2) is 18.2 Å². The number of rotatable bonds is 3. The first-order valence-electron chi connectivity index (χ1n) is 4.21. The number of nitro groups is 1. The van der Waals surface area contributed by atoms with Crippen LogP contribution in [0.3, 0.4) is 0 Å². The van der Waals surface area contributed by atoms with Crippen LogP contribution in [0.1, 0.15) is 12.5 Å². The van der Waals surface area contributed by atoms with E-state index in [4.69, 9.17) is 10.8 Å². The van der Waals surface area contributed by atoms with Gasteiger partial charge >= 0.3 is 0 Å². The number of benzene rings is 1. The van der Waals surface area contributed by atoms with E-state index in [1.807, 2.05) is 0 Å². The molecular formula is C9H12N2O3. The summed E-state index contributed by atoms with van der Waals surface area (Å²) >= 11 is 0. The molecule has 1 unspecified atom stereocenters. The van der Waals surface area contributed by atoms with Crippen molar-refractivity contribution in [2.75, 3.05) is 5.73 Å². The van der Waals surface area contributed by atoms with Crippen LogP contribution in [0.2, 0.25) is 0 Å². The van der Waals surface area contributed by atoms with Crippen molar-refractivity contribution >= 4 is 11.4 Å². The molecule has 0 aliphatic heterocycles. The van der Waals surface area contributed by atoms with Crippen LogP contribution in [0.5, 0.6) is 0 Å². The second-order valence-corrected chi connectivity index (χ2v) is 3.20. The molecule has 0 aliphatic carbocycles. The molecule has 0 bridgehead atoms. The van der Waals surface area contributed by atoms with E-state index in [9.17, 15) is 10.1 Å². The van der Waals surface area contributed by atoms with Crippen molar-refractivity contribution in [2.45, 2.75) is 19.4 Å². The van der Waals surface area contributed by atoms with Gasteiger partial charge in [0, 0.05) is 23.7 Å². The smallest absolute Gasteiger partial charge is 0.272 e. The van der Waals surface area contributed by atoms with Crippen molar-refractivity contribution < 1.29 is 10.0 Å². The number of hydrogen-bond donors (Lipinski definition) is 2. The summed E-state index contributed by atoms with van der Waals surface area (Å²) in [5.74, 6) is 0. The Kier molecular flexibility index (Phi) is 3.03. The Hall–Kier alpha value is -1.62. The summed E-state index contributed by atoms with van der Waals surface area (Å²) in [7, 11) is 0. The highest BCUT2D eigenvalue weighted by atomic mass is 16.6. The number of aliphatic hydroxyl groups excluding tert-OH is 1. The monoisotopic (exact) mass is 196 g/mol. The van der Waals surface area contributed by atoms with Gasteiger partial charge in [0.1, 0.15) is 0 Å². The Morgan fingerprint density at radius 2 is 2.29 bits per heavy atom. The molecule has 5 heteroatoms. The quantitative estimate of drug-likeness (QED) is 0.430. The minimum Gasteiger partial charge on any atom is -0.399 e. The average molecular weight is 196 g/mol. The summed E-state index contributed by atoms with van der Waals surface area (Å²) in [5.41, 5.74) is 6.43. The number of nitrogen functional groups attached to an aromatic ring is 1. The second-order valence-electron chi connectivity index (χ2n) is 3.20. The third-order valence-corrected chi connectivity index (χ3v) is 1.82. The number of nitrogens with two attached hydrogens (primary N) is 1. The lowest BCUT2D eigenvalue weighted by Crippen LogP contribution is -2.07. The van der Waals surface area contributed by atoms with Crippen LogP contribution in [0.4, 0.5) is 11.4 Å². The third kappa shape index (κ3) is 2.43. The standard InChI is InChI=1S/C9H12N2O3/c1-6(12)4-7-5-8(10)2-3-9(7)11(13)14/h2-3,5-6,12H,4,10H2,1H3. The van der Waals surface area contributed by atoms with Gasteiger partial charge in [0.2, 0.25) is 0 Å². The van der Waals surface area contributed by atoms with Crippen molar-refractivity contribution in [3.8, 4) is 0 Å². The molecule has 0 saturated heterocycles. The fourth-order valence-corrected chi connectivity index (χ4v) is 1.27. The Morgan fingerprint density at radius 1 is 1.64 bits per heavy atom. The number of anilines is 1. The fraction of sp³-hybridized carbons (Fsp3) is 0.333. The van der Waals surface area contributed by atoms with E-state index < -0.39 is 11.0 Å². The first-order valence-corrected chi connectivity index (χ1v) is 4.21. The first-order chi connectivity index (χ1) is 6.50. The molecule has 5 nitrogen and oxygen atoms in total. The molecule has 1 aromatic carbocycles. The zero-order valence-corrected chi connectivity index (χ0v) is 7.80. The molecule has 0 aromatic heterocycles. The van der Waals surface area contributed by atoms with Gasteiger partial charge in [0.05, 0.1) is 11.0 Å². The summed E-state index contributed by atoms with van der Waals surface area (Å²) in [5, 5.41) is 19.7. The highest BCUT2D eigenvalue weighted by Gasteiger charge is 2.14. The molecule has 1 rings (SSSR count). The van der Waals surface area contributed by atoms with Gasteiger partial charge in [0.25, 0.3) is 5.69 Å². The van der Waals surface area contributed by atoms with Crippen LogP contribution < -0.4 is 5.73 Å². The Balaban J connectivity index is 3.09. The zero-order valence-electron chi connectivity index (χ0n) is 7.80. The minimum atomic E-state index is -0.615. The molecule has 0 spiro atoms. The van der Waals surface area contributed by atoms with Crippen molar-refractivity contribution in [1.29, 1.82) is 0 Å². The van der Waals surface area contributed by atoms with E-state index in [2.05, 4.69) is 0 Å². The van der Waals surface area contributed by atoms with Crippen LogP contribution in [0.25, 0.3) is 0 Å². The predicted octanol–water partition coefficient (Wildman–Crippen LogP) is 1.10. The third-order valence-electron chi connectivity index (χ3n) is 1.82. The van der Waals surface area contributed by atoms with Crippen LogP contribution in [-0.4, -0.2) is 16.1 Å². The second kappa shape index (κ2) is 4.06. The maximum Gasteiger partial charge on any atom is 0.272 e. The largest absolute Gasteiger partial charge is 0.399 e. The minimum absolute atomic E-state index is 0.0000926. The molecule has 0 aliphatic rings. The maximum atomic E-state index is 10.6. The van der Waals surface area contributed by atoms with Crippen molar-refractivity contribution in [3.63, 3.8) is 0 Å². The molecule has 76 valence electrons.